The smallest absolute Gasteiger partial charge is 0.250 e. The molecule has 1 fully saturated rings. The second-order valence-corrected chi connectivity index (χ2v) is 8.60. The average molecular weight is 375 g/mol. The molecular weight excluding hydrogens is 350 g/mol. The largest absolute Gasteiger partial charge is 0.313 e. The Morgan fingerprint density at radius 3 is 2.96 bits per heavy atom. The normalized spacial score (nSPS) is 18.7. The van der Waals surface area contributed by atoms with Crippen LogP contribution in [-0.4, -0.2) is 45.4 Å². The lowest BCUT2D eigenvalue weighted by Crippen LogP contribution is -2.40. The van der Waals surface area contributed by atoms with E-state index in [9.17, 15) is 9.59 Å². The molecule has 0 unspecified atom stereocenters. The number of aromatic amines is 1. The number of thiazole rings is 1. The van der Waals surface area contributed by atoms with Crippen molar-refractivity contribution in [3.8, 4) is 0 Å². The fourth-order valence-electron chi connectivity index (χ4n) is 3.09. The fraction of sp³-hybridized carbons (Fsp3) is 0.556. The van der Waals surface area contributed by atoms with E-state index in [0.29, 0.717) is 11.7 Å². The molecule has 8 heteroatoms. The molecule has 26 heavy (non-hydrogen) atoms. The highest BCUT2D eigenvalue weighted by atomic mass is 32.1. The van der Waals surface area contributed by atoms with Crippen LogP contribution >= 0.6 is 11.3 Å². The third-order valence-corrected chi connectivity index (χ3v) is 5.27. The molecule has 140 valence electrons. The molecule has 0 saturated carbocycles. The number of hydrogen-bond acceptors (Lipinski definition) is 6. The lowest BCUT2D eigenvalue weighted by Gasteiger charge is -2.31. The number of carbonyl (C=O) groups excluding carboxylic acids is 1. The van der Waals surface area contributed by atoms with Crippen LogP contribution in [0.4, 0.5) is 5.13 Å². The number of rotatable bonds is 4. The summed E-state index contributed by atoms with van der Waals surface area (Å²) in [5.41, 5.74) is 1.62. The molecule has 0 aliphatic carbocycles. The summed E-state index contributed by atoms with van der Waals surface area (Å²) in [6, 6.07) is 1.55. The summed E-state index contributed by atoms with van der Waals surface area (Å²) in [6.07, 6.45) is 3.41. The van der Waals surface area contributed by atoms with E-state index in [1.54, 1.807) is 6.07 Å². The van der Waals surface area contributed by atoms with Crippen LogP contribution in [0.25, 0.3) is 0 Å². The van der Waals surface area contributed by atoms with E-state index < -0.39 is 0 Å². The number of likely N-dealkylation sites (tertiary alicyclic amines) is 1. The summed E-state index contributed by atoms with van der Waals surface area (Å²) in [6.45, 7) is 8.23. The number of piperidine rings is 1. The van der Waals surface area contributed by atoms with E-state index in [1.165, 1.54) is 17.7 Å². The van der Waals surface area contributed by atoms with Crippen molar-refractivity contribution in [1.82, 2.24) is 19.9 Å². The average Bonchev–Trinajstić information content (AvgIpc) is 3.04. The Bertz CT molecular complexity index is 823. The van der Waals surface area contributed by atoms with E-state index in [-0.39, 0.29) is 22.8 Å². The summed E-state index contributed by atoms with van der Waals surface area (Å²) >= 11 is 1.46. The number of amides is 1. The molecule has 3 heterocycles. The van der Waals surface area contributed by atoms with E-state index >= 15 is 0 Å². The number of hydrogen-bond donors (Lipinski definition) is 2. The highest BCUT2D eigenvalue weighted by molar-refractivity contribution is 7.13. The standard InChI is InChI=1S/C18H25N5O2S/c1-18(2,3)14-10-26-17(21-14)22-16(25)9-23-6-4-5-12(8-23)13-7-15(24)20-11-19-13/h7,10-12H,4-6,8-9H2,1-3H3,(H,19,20,24)(H,21,22,25)/t12-/m0/s1. The predicted molar refractivity (Wildman–Crippen MR) is 103 cm³/mol. The zero-order chi connectivity index (χ0) is 18.7. The van der Waals surface area contributed by atoms with Gasteiger partial charge in [0.1, 0.15) is 0 Å². The first kappa shape index (κ1) is 18.7. The van der Waals surface area contributed by atoms with Gasteiger partial charge in [-0.15, -0.1) is 11.3 Å². The van der Waals surface area contributed by atoms with Crippen LogP contribution in [0.1, 0.15) is 50.9 Å². The lowest BCUT2D eigenvalue weighted by atomic mass is 9.93. The summed E-state index contributed by atoms with van der Waals surface area (Å²) < 4.78 is 0. The first-order valence-corrected chi connectivity index (χ1v) is 9.72. The zero-order valence-electron chi connectivity index (χ0n) is 15.4. The summed E-state index contributed by atoms with van der Waals surface area (Å²) in [5.74, 6) is 0.130. The topological polar surface area (TPSA) is 91.0 Å². The summed E-state index contributed by atoms with van der Waals surface area (Å²) in [7, 11) is 0. The maximum atomic E-state index is 12.4. The maximum Gasteiger partial charge on any atom is 0.250 e. The van der Waals surface area contributed by atoms with Crippen molar-refractivity contribution in [2.45, 2.75) is 44.9 Å². The van der Waals surface area contributed by atoms with Crippen LogP contribution in [0.3, 0.4) is 0 Å². The van der Waals surface area contributed by atoms with Gasteiger partial charge in [-0.3, -0.25) is 14.5 Å². The van der Waals surface area contributed by atoms with Crippen LogP contribution < -0.4 is 10.9 Å². The van der Waals surface area contributed by atoms with E-state index in [0.717, 1.165) is 37.3 Å². The Hall–Kier alpha value is -2.06. The van der Waals surface area contributed by atoms with Crippen LogP contribution in [0.2, 0.25) is 0 Å². The van der Waals surface area contributed by atoms with Crippen LogP contribution in [0.5, 0.6) is 0 Å². The van der Waals surface area contributed by atoms with E-state index in [2.05, 4.69) is 45.9 Å². The molecule has 2 N–H and O–H groups in total. The minimum atomic E-state index is -0.136. The minimum Gasteiger partial charge on any atom is -0.313 e. The van der Waals surface area contributed by atoms with Gasteiger partial charge < -0.3 is 10.3 Å². The molecule has 3 rings (SSSR count). The van der Waals surface area contributed by atoms with Crippen molar-refractivity contribution in [2.24, 2.45) is 0 Å². The van der Waals surface area contributed by atoms with Gasteiger partial charge in [0.25, 0.3) is 5.56 Å². The first-order valence-electron chi connectivity index (χ1n) is 8.84. The molecular formula is C18H25N5O2S. The Balaban J connectivity index is 1.57. The van der Waals surface area contributed by atoms with Crippen LogP contribution in [0.15, 0.2) is 22.6 Å². The quantitative estimate of drug-likeness (QED) is 0.856. The second-order valence-electron chi connectivity index (χ2n) is 7.75. The molecule has 0 bridgehead atoms. The molecule has 7 nitrogen and oxygen atoms in total. The van der Waals surface area contributed by atoms with Crippen molar-refractivity contribution < 1.29 is 4.79 Å². The van der Waals surface area contributed by atoms with Crippen LogP contribution in [0, 0.1) is 0 Å². The van der Waals surface area contributed by atoms with Crippen molar-refractivity contribution in [2.75, 3.05) is 25.0 Å². The predicted octanol–water partition coefficient (Wildman–Crippen LogP) is 2.34. The van der Waals surface area contributed by atoms with Crippen molar-refractivity contribution in [1.29, 1.82) is 0 Å². The monoisotopic (exact) mass is 375 g/mol. The van der Waals surface area contributed by atoms with Gasteiger partial charge in [-0.2, -0.15) is 0 Å². The Morgan fingerprint density at radius 2 is 2.27 bits per heavy atom. The van der Waals surface area contributed by atoms with Gasteiger partial charge in [0.15, 0.2) is 5.13 Å². The highest BCUT2D eigenvalue weighted by Crippen LogP contribution is 2.27. The molecule has 0 aromatic carbocycles. The molecule has 1 aliphatic rings. The van der Waals surface area contributed by atoms with Crippen molar-refractivity contribution in [3.63, 3.8) is 0 Å². The summed E-state index contributed by atoms with van der Waals surface area (Å²) in [4.78, 5) is 37.3. The minimum absolute atomic E-state index is 0.0277. The number of nitrogens with zero attached hydrogens (tertiary/aromatic N) is 3. The number of anilines is 1. The molecule has 1 aliphatic heterocycles. The Labute approximate surface area is 156 Å². The molecule has 2 aromatic rings. The van der Waals surface area contributed by atoms with Crippen LogP contribution in [-0.2, 0) is 10.2 Å². The Morgan fingerprint density at radius 1 is 1.46 bits per heavy atom. The van der Waals surface area contributed by atoms with Gasteiger partial charge in [-0.25, -0.2) is 9.97 Å². The molecule has 1 atom stereocenters. The Kier molecular flexibility index (Phi) is 5.52. The van der Waals surface area contributed by atoms with Gasteiger partial charge in [0.05, 0.1) is 24.3 Å². The maximum absolute atomic E-state index is 12.4. The highest BCUT2D eigenvalue weighted by Gasteiger charge is 2.24. The molecule has 2 aromatic heterocycles. The first-order chi connectivity index (χ1) is 12.3. The number of nitrogens with one attached hydrogen (secondary N) is 2. The van der Waals surface area contributed by atoms with Crippen molar-refractivity contribution in [3.05, 3.63) is 39.5 Å². The fourth-order valence-corrected chi connectivity index (χ4v) is 4.04. The zero-order valence-corrected chi connectivity index (χ0v) is 16.2. The van der Waals surface area contributed by atoms with Gasteiger partial charge in [0, 0.05) is 29.3 Å². The molecule has 0 spiro atoms. The van der Waals surface area contributed by atoms with Gasteiger partial charge in [0.2, 0.25) is 5.91 Å². The van der Waals surface area contributed by atoms with Gasteiger partial charge >= 0.3 is 0 Å². The van der Waals surface area contributed by atoms with Gasteiger partial charge in [-0.05, 0) is 19.4 Å². The second kappa shape index (κ2) is 7.67. The molecule has 1 saturated heterocycles. The summed E-state index contributed by atoms with van der Waals surface area (Å²) in [5, 5.41) is 5.54. The van der Waals surface area contributed by atoms with E-state index in [4.69, 9.17) is 0 Å². The number of carbonyl (C=O) groups is 1. The molecule has 1 amide bonds. The SMILES string of the molecule is CC(C)(C)c1csc(NC(=O)CN2CCC[C@H](c3cc(=O)[nH]cn3)C2)n1. The number of H-pyrrole nitrogens is 1. The molecule has 0 radical (unpaired) electrons. The third kappa shape index (κ3) is 4.76. The lowest BCUT2D eigenvalue weighted by molar-refractivity contribution is -0.117. The number of aromatic nitrogens is 3. The third-order valence-electron chi connectivity index (χ3n) is 4.51. The van der Waals surface area contributed by atoms with Gasteiger partial charge in [-0.1, -0.05) is 20.8 Å². The van der Waals surface area contributed by atoms with Crippen molar-refractivity contribution >= 4 is 22.4 Å². The van der Waals surface area contributed by atoms with E-state index in [1.807, 2.05) is 5.38 Å².